The fraction of sp³-hybridized carbons (Fsp3) is 0.344. The zero-order valence-corrected chi connectivity index (χ0v) is 24.8. The van der Waals surface area contributed by atoms with E-state index in [4.69, 9.17) is 0 Å². The SMILES string of the molecule is Cc1ccc(S(=O)(=O)N2CCC[C@H]2C(=O)N[C@@H](Cc2ccc(NCC3Cc4ccccc4CN3C=O)cc2)C(=O)O)cc1. The lowest BCUT2D eigenvalue weighted by Gasteiger charge is -2.34. The number of carbonyl (C=O) groups is 3. The zero-order chi connectivity index (χ0) is 30.6. The molecule has 5 rings (SSSR count). The van der Waals surface area contributed by atoms with Crippen molar-refractivity contribution in [3.63, 3.8) is 0 Å². The van der Waals surface area contributed by atoms with E-state index in [-0.39, 0.29) is 23.9 Å². The number of carboxylic acid groups (broad SMARTS) is 1. The van der Waals surface area contributed by atoms with Gasteiger partial charge in [-0.15, -0.1) is 0 Å². The number of carbonyl (C=O) groups excluding carboxylic acids is 2. The van der Waals surface area contributed by atoms with E-state index < -0.39 is 34.0 Å². The summed E-state index contributed by atoms with van der Waals surface area (Å²) in [4.78, 5) is 38.9. The third kappa shape index (κ3) is 6.89. The Morgan fingerprint density at radius 3 is 2.40 bits per heavy atom. The van der Waals surface area contributed by atoms with Crippen LogP contribution in [0, 0.1) is 6.92 Å². The average Bonchev–Trinajstić information content (AvgIpc) is 3.51. The third-order valence-corrected chi connectivity index (χ3v) is 10.1. The van der Waals surface area contributed by atoms with Crippen LogP contribution in [-0.4, -0.2) is 72.2 Å². The standard InChI is InChI=1S/C32H36N4O6S/c1-22-8-14-28(15-9-22)43(41,42)36-16-4-7-30(36)31(38)34-29(32(39)40)17-23-10-12-26(13-11-23)33-19-27-18-24-5-2-3-6-25(24)20-35(27)21-37/h2-3,5-6,8-15,21,27,29-30,33H,4,7,16-20H2,1H3,(H,34,38)(H,39,40)/t27?,29-,30-/m0/s1. The van der Waals surface area contributed by atoms with E-state index >= 15 is 0 Å². The molecule has 0 aromatic heterocycles. The first kappa shape index (κ1) is 30.2. The lowest BCUT2D eigenvalue weighted by molar-refractivity contribution is -0.142. The minimum absolute atomic E-state index is 0.00338. The number of amides is 2. The molecule has 226 valence electrons. The number of hydrogen-bond donors (Lipinski definition) is 3. The third-order valence-electron chi connectivity index (χ3n) is 8.22. The minimum Gasteiger partial charge on any atom is -0.480 e. The fourth-order valence-electron chi connectivity index (χ4n) is 5.75. The fourth-order valence-corrected chi connectivity index (χ4v) is 7.41. The van der Waals surface area contributed by atoms with Gasteiger partial charge < -0.3 is 20.6 Å². The molecule has 2 aliphatic heterocycles. The Hall–Kier alpha value is -4.22. The number of sulfonamides is 1. The second-order valence-corrected chi connectivity index (χ2v) is 13.1. The molecule has 1 fully saturated rings. The summed E-state index contributed by atoms with van der Waals surface area (Å²) in [6.07, 6.45) is 2.50. The number of hydrogen-bond acceptors (Lipinski definition) is 6. The quantitative estimate of drug-likeness (QED) is 0.286. The maximum absolute atomic E-state index is 13.3. The number of rotatable bonds is 11. The van der Waals surface area contributed by atoms with Crippen molar-refractivity contribution in [1.82, 2.24) is 14.5 Å². The molecule has 3 N–H and O–H groups in total. The highest BCUT2D eigenvalue weighted by Crippen LogP contribution is 2.27. The molecule has 3 aromatic carbocycles. The van der Waals surface area contributed by atoms with Gasteiger partial charge in [0.2, 0.25) is 22.3 Å². The monoisotopic (exact) mass is 604 g/mol. The summed E-state index contributed by atoms with van der Waals surface area (Å²) in [6.45, 7) is 3.18. The summed E-state index contributed by atoms with van der Waals surface area (Å²) in [6, 6.07) is 19.6. The summed E-state index contributed by atoms with van der Waals surface area (Å²) in [7, 11) is -3.91. The maximum atomic E-state index is 13.3. The van der Waals surface area contributed by atoms with Crippen LogP contribution in [-0.2, 0) is 43.8 Å². The topological polar surface area (TPSA) is 136 Å². The van der Waals surface area contributed by atoms with Gasteiger partial charge in [0.25, 0.3) is 0 Å². The van der Waals surface area contributed by atoms with Gasteiger partial charge in [0, 0.05) is 31.7 Å². The first-order valence-corrected chi connectivity index (χ1v) is 15.8. The van der Waals surface area contributed by atoms with Crippen molar-refractivity contribution in [2.45, 2.75) is 62.2 Å². The summed E-state index contributed by atoms with van der Waals surface area (Å²) < 4.78 is 27.7. The Bertz CT molecular complexity index is 1580. The predicted octanol–water partition coefficient (Wildman–Crippen LogP) is 2.96. The van der Waals surface area contributed by atoms with Gasteiger partial charge in [-0.2, -0.15) is 4.31 Å². The van der Waals surface area contributed by atoms with Crippen molar-refractivity contribution in [1.29, 1.82) is 0 Å². The Kier molecular flexibility index (Phi) is 9.12. The van der Waals surface area contributed by atoms with Crippen molar-refractivity contribution >= 4 is 34.0 Å². The predicted molar refractivity (Wildman–Crippen MR) is 162 cm³/mol. The van der Waals surface area contributed by atoms with Gasteiger partial charge in [0.05, 0.1) is 10.9 Å². The smallest absolute Gasteiger partial charge is 0.326 e. The molecule has 11 heteroatoms. The van der Waals surface area contributed by atoms with E-state index in [1.54, 1.807) is 29.2 Å². The van der Waals surface area contributed by atoms with Gasteiger partial charge in [-0.3, -0.25) is 9.59 Å². The summed E-state index contributed by atoms with van der Waals surface area (Å²) in [5.41, 5.74) is 4.84. The number of nitrogens with zero attached hydrogens (tertiary/aromatic N) is 2. The molecule has 2 heterocycles. The molecule has 0 spiro atoms. The Balaban J connectivity index is 1.19. The minimum atomic E-state index is -3.91. The van der Waals surface area contributed by atoms with Crippen LogP contribution in [0.25, 0.3) is 0 Å². The van der Waals surface area contributed by atoms with E-state index in [0.29, 0.717) is 31.5 Å². The highest BCUT2D eigenvalue weighted by molar-refractivity contribution is 7.89. The van der Waals surface area contributed by atoms with Crippen molar-refractivity contribution in [3.8, 4) is 0 Å². The highest BCUT2D eigenvalue weighted by atomic mass is 32.2. The number of aliphatic carboxylic acids is 1. The molecular formula is C32H36N4O6S. The van der Waals surface area contributed by atoms with Crippen molar-refractivity contribution in [2.24, 2.45) is 0 Å². The molecule has 0 aliphatic carbocycles. The second-order valence-electron chi connectivity index (χ2n) is 11.2. The number of nitrogens with one attached hydrogen (secondary N) is 2. The van der Waals surface area contributed by atoms with E-state index in [0.717, 1.165) is 29.6 Å². The van der Waals surface area contributed by atoms with E-state index in [2.05, 4.69) is 16.7 Å². The maximum Gasteiger partial charge on any atom is 0.326 e. The molecule has 1 unspecified atom stereocenters. The molecule has 3 atom stereocenters. The molecule has 43 heavy (non-hydrogen) atoms. The van der Waals surface area contributed by atoms with Crippen LogP contribution in [0.5, 0.6) is 0 Å². The molecule has 2 amide bonds. The van der Waals surface area contributed by atoms with Crippen LogP contribution in [0.2, 0.25) is 0 Å². The van der Waals surface area contributed by atoms with Crippen molar-refractivity contribution in [3.05, 3.63) is 95.1 Å². The van der Waals surface area contributed by atoms with Gasteiger partial charge in [-0.05, 0) is 67.1 Å². The first-order chi connectivity index (χ1) is 20.7. The lowest BCUT2D eigenvalue weighted by Crippen LogP contribution is -2.51. The van der Waals surface area contributed by atoms with Crippen LogP contribution in [0.1, 0.15) is 35.1 Å². The number of benzene rings is 3. The Morgan fingerprint density at radius 2 is 1.72 bits per heavy atom. The highest BCUT2D eigenvalue weighted by Gasteiger charge is 2.40. The molecule has 0 saturated carbocycles. The normalized spacial score (nSPS) is 19.3. The molecular weight excluding hydrogens is 568 g/mol. The van der Waals surface area contributed by atoms with E-state index in [9.17, 15) is 27.9 Å². The Morgan fingerprint density at radius 1 is 1.02 bits per heavy atom. The van der Waals surface area contributed by atoms with E-state index in [1.165, 1.54) is 22.0 Å². The first-order valence-electron chi connectivity index (χ1n) is 14.4. The zero-order valence-electron chi connectivity index (χ0n) is 24.0. The number of carboxylic acids is 1. The number of anilines is 1. The summed E-state index contributed by atoms with van der Waals surface area (Å²) in [5.74, 6) is -1.82. The molecule has 1 saturated heterocycles. The van der Waals surface area contributed by atoms with Gasteiger partial charge in [0.1, 0.15) is 12.1 Å². The van der Waals surface area contributed by atoms with Crippen LogP contribution in [0.15, 0.2) is 77.7 Å². The lowest BCUT2D eigenvalue weighted by atomic mass is 9.94. The largest absolute Gasteiger partial charge is 0.480 e. The molecule has 10 nitrogen and oxygen atoms in total. The van der Waals surface area contributed by atoms with Gasteiger partial charge in [0.15, 0.2) is 0 Å². The van der Waals surface area contributed by atoms with Crippen molar-refractivity contribution < 1.29 is 27.9 Å². The molecule has 2 aliphatic rings. The molecule has 0 radical (unpaired) electrons. The van der Waals surface area contributed by atoms with Gasteiger partial charge in [-0.1, -0.05) is 54.1 Å². The van der Waals surface area contributed by atoms with Crippen LogP contribution >= 0.6 is 0 Å². The van der Waals surface area contributed by atoms with Crippen LogP contribution in [0.3, 0.4) is 0 Å². The average molecular weight is 605 g/mol. The van der Waals surface area contributed by atoms with Crippen LogP contribution in [0.4, 0.5) is 5.69 Å². The number of aryl methyl sites for hydroxylation is 1. The number of fused-ring (bicyclic) bond motifs is 1. The molecule has 0 bridgehead atoms. The van der Waals surface area contributed by atoms with Crippen LogP contribution < -0.4 is 10.6 Å². The second kappa shape index (κ2) is 13.0. The van der Waals surface area contributed by atoms with Crippen molar-refractivity contribution in [2.75, 3.05) is 18.4 Å². The molecule has 3 aromatic rings. The van der Waals surface area contributed by atoms with Gasteiger partial charge in [-0.25, -0.2) is 13.2 Å². The Labute approximate surface area is 251 Å². The summed E-state index contributed by atoms with van der Waals surface area (Å²) in [5, 5.41) is 15.8. The summed E-state index contributed by atoms with van der Waals surface area (Å²) >= 11 is 0. The van der Waals surface area contributed by atoms with E-state index in [1.807, 2.05) is 37.3 Å². The van der Waals surface area contributed by atoms with Gasteiger partial charge >= 0.3 is 5.97 Å².